The average Bonchev–Trinajstić information content (AvgIpc) is 3.50. The summed E-state index contributed by atoms with van der Waals surface area (Å²) in [4.78, 5) is 29.2. The fourth-order valence-electron chi connectivity index (χ4n) is 3.79. The van der Waals surface area contributed by atoms with E-state index < -0.39 is 0 Å². The fraction of sp³-hybridized carbons (Fsp3) is 0.391. The molecule has 0 N–H and O–H groups in total. The van der Waals surface area contributed by atoms with Gasteiger partial charge in [0.2, 0.25) is 5.91 Å². The standard InChI is InChI=1S/C23H26N2O3/c1-2-28-21-10-6-4-8-18(21)16-25(19-11-12-19)22(26)13-14-24-15-17-7-3-5-9-20(17)23(24)27/h3-10,19H,2,11-16H2,1H3. The zero-order valence-electron chi connectivity index (χ0n) is 16.3. The van der Waals surface area contributed by atoms with Gasteiger partial charge >= 0.3 is 0 Å². The summed E-state index contributed by atoms with van der Waals surface area (Å²) in [5.41, 5.74) is 2.85. The molecule has 0 radical (unpaired) electrons. The summed E-state index contributed by atoms with van der Waals surface area (Å²) >= 11 is 0. The number of rotatable bonds is 8. The van der Waals surface area contributed by atoms with Crippen LogP contribution in [0.5, 0.6) is 5.75 Å². The van der Waals surface area contributed by atoms with Crippen LogP contribution in [0.4, 0.5) is 0 Å². The van der Waals surface area contributed by atoms with Crippen molar-refractivity contribution in [3.63, 3.8) is 0 Å². The van der Waals surface area contributed by atoms with E-state index in [4.69, 9.17) is 4.74 Å². The van der Waals surface area contributed by atoms with Gasteiger partial charge in [-0.15, -0.1) is 0 Å². The van der Waals surface area contributed by atoms with Crippen molar-refractivity contribution < 1.29 is 14.3 Å². The summed E-state index contributed by atoms with van der Waals surface area (Å²) in [6, 6.07) is 15.9. The number of nitrogens with zero attached hydrogens (tertiary/aromatic N) is 2. The molecular weight excluding hydrogens is 352 g/mol. The molecule has 0 bridgehead atoms. The molecule has 5 heteroatoms. The van der Waals surface area contributed by atoms with Crippen LogP contribution in [0, 0.1) is 0 Å². The Kier molecular flexibility index (Phi) is 5.33. The van der Waals surface area contributed by atoms with Gasteiger partial charge in [-0.05, 0) is 37.5 Å². The van der Waals surface area contributed by atoms with Crippen molar-refractivity contribution in [2.24, 2.45) is 0 Å². The van der Waals surface area contributed by atoms with E-state index >= 15 is 0 Å². The smallest absolute Gasteiger partial charge is 0.254 e. The van der Waals surface area contributed by atoms with Crippen molar-refractivity contribution in [3.05, 3.63) is 65.2 Å². The van der Waals surface area contributed by atoms with Crippen molar-refractivity contribution in [1.29, 1.82) is 0 Å². The average molecular weight is 378 g/mol. The molecule has 0 unspecified atom stereocenters. The van der Waals surface area contributed by atoms with Crippen molar-refractivity contribution in [2.75, 3.05) is 13.2 Å². The number of carbonyl (C=O) groups excluding carboxylic acids is 2. The Balaban J connectivity index is 1.40. The van der Waals surface area contributed by atoms with E-state index in [0.29, 0.717) is 38.7 Å². The third-order valence-corrected chi connectivity index (χ3v) is 5.41. The molecule has 1 saturated carbocycles. The first-order chi connectivity index (χ1) is 13.7. The maximum absolute atomic E-state index is 13.0. The zero-order valence-corrected chi connectivity index (χ0v) is 16.3. The Morgan fingerprint density at radius 3 is 2.64 bits per heavy atom. The second-order valence-corrected chi connectivity index (χ2v) is 7.43. The molecule has 5 nitrogen and oxygen atoms in total. The van der Waals surface area contributed by atoms with Crippen molar-refractivity contribution in [2.45, 2.75) is 45.3 Å². The summed E-state index contributed by atoms with van der Waals surface area (Å²) in [5, 5.41) is 0. The summed E-state index contributed by atoms with van der Waals surface area (Å²) in [6.45, 7) is 4.19. The molecule has 2 aromatic rings. The highest BCUT2D eigenvalue weighted by Gasteiger charge is 2.34. The van der Waals surface area contributed by atoms with E-state index in [1.54, 1.807) is 4.90 Å². The number of amides is 2. The molecule has 0 saturated heterocycles. The third-order valence-electron chi connectivity index (χ3n) is 5.41. The van der Waals surface area contributed by atoms with Crippen LogP contribution in [-0.4, -0.2) is 40.8 Å². The monoisotopic (exact) mass is 378 g/mol. The van der Waals surface area contributed by atoms with Crippen LogP contribution < -0.4 is 4.74 Å². The lowest BCUT2D eigenvalue weighted by atomic mass is 10.1. The Hall–Kier alpha value is -2.82. The minimum absolute atomic E-state index is 0.0306. The molecule has 1 fully saturated rings. The maximum atomic E-state index is 13.0. The van der Waals surface area contributed by atoms with E-state index in [-0.39, 0.29) is 11.8 Å². The van der Waals surface area contributed by atoms with Gasteiger partial charge in [0.25, 0.3) is 5.91 Å². The topological polar surface area (TPSA) is 49.9 Å². The second kappa shape index (κ2) is 8.05. The molecule has 2 amide bonds. The summed E-state index contributed by atoms with van der Waals surface area (Å²) in [5.74, 6) is 0.981. The molecule has 0 aromatic heterocycles. The summed E-state index contributed by atoms with van der Waals surface area (Å²) < 4.78 is 5.72. The highest BCUT2D eigenvalue weighted by atomic mass is 16.5. The lowest BCUT2D eigenvalue weighted by molar-refractivity contribution is -0.132. The van der Waals surface area contributed by atoms with Gasteiger partial charge in [-0.25, -0.2) is 0 Å². The Morgan fingerprint density at radius 2 is 1.89 bits per heavy atom. The lowest BCUT2D eigenvalue weighted by Gasteiger charge is -2.25. The highest BCUT2D eigenvalue weighted by Crippen LogP contribution is 2.31. The number of benzene rings is 2. The van der Waals surface area contributed by atoms with Gasteiger partial charge in [-0.2, -0.15) is 0 Å². The molecule has 146 valence electrons. The number of hydrogen-bond donors (Lipinski definition) is 0. The van der Waals surface area contributed by atoms with Crippen LogP contribution in [0.2, 0.25) is 0 Å². The number of carbonyl (C=O) groups is 2. The van der Waals surface area contributed by atoms with E-state index in [1.165, 1.54) is 0 Å². The first-order valence-corrected chi connectivity index (χ1v) is 10.0. The van der Waals surface area contributed by atoms with Crippen LogP contribution in [0.15, 0.2) is 48.5 Å². The van der Waals surface area contributed by atoms with Crippen molar-refractivity contribution >= 4 is 11.8 Å². The molecule has 1 aliphatic heterocycles. The van der Waals surface area contributed by atoms with Gasteiger partial charge in [0, 0.05) is 43.2 Å². The van der Waals surface area contributed by atoms with E-state index in [2.05, 4.69) is 0 Å². The van der Waals surface area contributed by atoms with Crippen LogP contribution in [0.25, 0.3) is 0 Å². The Labute approximate surface area is 165 Å². The first-order valence-electron chi connectivity index (χ1n) is 10.0. The molecule has 0 atom stereocenters. The molecule has 2 aromatic carbocycles. The number of ether oxygens (including phenoxy) is 1. The summed E-state index contributed by atoms with van der Waals surface area (Å²) in [6.07, 6.45) is 2.46. The molecule has 28 heavy (non-hydrogen) atoms. The van der Waals surface area contributed by atoms with Gasteiger partial charge in [0.05, 0.1) is 6.61 Å². The first kappa shape index (κ1) is 18.5. The molecule has 1 heterocycles. The van der Waals surface area contributed by atoms with Gasteiger partial charge in [0.15, 0.2) is 0 Å². The normalized spacial score (nSPS) is 15.5. The fourth-order valence-corrected chi connectivity index (χ4v) is 3.79. The Morgan fingerprint density at radius 1 is 1.14 bits per heavy atom. The van der Waals surface area contributed by atoms with Crippen LogP contribution in [-0.2, 0) is 17.9 Å². The van der Waals surface area contributed by atoms with E-state index in [9.17, 15) is 9.59 Å². The van der Waals surface area contributed by atoms with Gasteiger partial charge in [0.1, 0.15) is 5.75 Å². The maximum Gasteiger partial charge on any atom is 0.254 e. The highest BCUT2D eigenvalue weighted by molar-refractivity contribution is 5.98. The minimum Gasteiger partial charge on any atom is -0.494 e. The largest absolute Gasteiger partial charge is 0.494 e. The van der Waals surface area contributed by atoms with E-state index in [0.717, 1.165) is 35.3 Å². The second-order valence-electron chi connectivity index (χ2n) is 7.43. The molecule has 1 aliphatic carbocycles. The van der Waals surface area contributed by atoms with Crippen LogP contribution in [0.3, 0.4) is 0 Å². The Bertz CT molecular complexity index is 876. The zero-order chi connectivity index (χ0) is 19.5. The quantitative estimate of drug-likeness (QED) is 0.705. The predicted octanol–water partition coefficient (Wildman–Crippen LogP) is 3.62. The minimum atomic E-state index is 0.0306. The number of para-hydroxylation sites is 1. The third kappa shape index (κ3) is 3.88. The van der Waals surface area contributed by atoms with Gasteiger partial charge < -0.3 is 14.5 Å². The SMILES string of the molecule is CCOc1ccccc1CN(C(=O)CCN1Cc2ccccc2C1=O)C1CC1. The predicted molar refractivity (Wildman–Crippen MR) is 107 cm³/mol. The number of fused-ring (bicyclic) bond motifs is 1. The number of hydrogen-bond acceptors (Lipinski definition) is 3. The molecule has 0 spiro atoms. The van der Waals surface area contributed by atoms with Crippen molar-refractivity contribution in [1.82, 2.24) is 9.80 Å². The van der Waals surface area contributed by atoms with Crippen LogP contribution >= 0.6 is 0 Å². The van der Waals surface area contributed by atoms with Crippen LogP contribution in [0.1, 0.15) is 47.7 Å². The van der Waals surface area contributed by atoms with Crippen molar-refractivity contribution in [3.8, 4) is 5.75 Å². The lowest BCUT2D eigenvalue weighted by Crippen LogP contribution is -2.36. The molecular formula is C23H26N2O3. The summed E-state index contributed by atoms with van der Waals surface area (Å²) in [7, 11) is 0. The van der Waals surface area contributed by atoms with Gasteiger partial charge in [-0.3, -0.25) is 9.59 Å². The van der Waals surface area contributed by atoms with Gasteiger partial charge in [-0.1, -0.05) is 36.4 Å². The molecule has 2 aliphatic rings. The molecule has 4 rings (SSSR count). The van der Waals surface area contributed by atoms with E-state index in [1.807, 2.05) is 60.4 Å².